The van der Waals surface area contributed by atoms with E-state index >= 15 is 0 Å². The molecule has 0 fully saturated rings. The molecule has 3 N–H and O–H groups in total. The van der Waals surface area contributed by atoms with Gasteiger partial charge in [0.05, 0.1) is 23.3 Å². The molecule has 23 heavy (non-hydrogen) atoms. The Morgan fingerprint density at radius 1 is 1.43 bits per heavy atom. The van der Waals surface area contributed by atoms with Crippen LogP contribution in [0.1, 0.15) is 13.8 Å². The van der Waals surface area contributed by atoms with Crippen molar-refractivity contribution in [1.82, 2.24) is 4.72 Å². The SMILES string of the molecule is COC[C@H](O)CNS(=O)(=O)c1ccc2c(c1)NC(=O)C(C)(C)O2. The predicted octanol–water partition coefficient (Wildman–Crippen LogP) is 0.0817. The number of carbonyl (C=O) groups excluding carboxylic acids is 1. The summed E-state index contributed by atoms with van der Waals surface area (Å²) < 4.78 is 37.0. The molecule has 1 aromatic rings. The molecule has 9 heteroatoms. The van der Waals surface area contributed by atoms with Crippen LogP contribution in [0.15, 0.2) is 23.1 Å². The first kappa shape index (κ1) is 17.7. The molecular formula is C14H20N2O6S. The highest BCUT2D eigenvalue weighted by molar-refractivity contribution is 7.89. The van der Waals surface area contributed by atoms with Crippen molar-refractivity contribution in [1.29, 1.82) is 0 Å². The molecule has 1 amide bonds. The van der Waals surface area contributed by atoms with Crippen molar-refractivity contribution in [3.8, 4) is 5.75 Å². The smallest absolute Gasteiger partial charge is 0.268 e. The normalized spacial score (nSPS) is 17.8. The zero-order chi connectivity index (χ0) is 17.3. The molecule has 2 rings (SSSR count). The van der Waals surface area contributed by atoms with Gasteiger partial charge < -0.3 is 19.9 Å². The molecule has 1 heterocycles. The van der Waals surface area contributed by atoms with E-state index in [0.29, 0.717) is 5.75 Å². The van der Waals surface area contributed by atoms with Crippen LogP contribution in [0.5, 0.6) is 5.75 Å². The maximum absolute atomic E-state index is 12.2. The fourth-order valence-electron chi connectivity index (χ4n) is 2.00. The van der Waals surface area contributed by atoms with Crippen molar-refractivity contribution in [3.63, 3.8) is 0 Å². The average molecular weight is 344 g/mol. The van der Waals surface area contributed by atoms with Gasteiger partial charge in [-0.1, -0.05) is 0 Å². The zero-order valence-corrected chi connectivity index (χ0v) is 13.9. The van der Waals surface area contributed by atoms with E-state index in [1.54, 1.807) is 13.8 Å². The van der Waals surface area contributed by atoms with E-state index in [-0.39, 0.29) is 29.6 Å². The zero-order valence-electron chi connectivity index (χ0n) is 13.1. The Hall–Kier alpha value is -1.68. The van der Waals surface area contributed by atoms with Gasteiger partial charge in [-0.25, -0.2) is 13.1 Å². The molecular weight excluding hydrogens is 324 g/mol. The first-order valence-electron chi connectivity index (χ1n) is 6.97. The second-order valence-electron chi connectivity index (χ2n) is 5.69. The van der Waals surface area contributed by atoms with Gasteiger partial charge >= 0.3 is 0 Å². The number of fused-ring (bicyclic) bond motifs is 1. The molecule has 0 bridgehead atoms. The molecule has 0 spiro atoms. The summed E-state index contributed by atoms with van der Waals surface area (Å²) in [4.78, 5) is 11.8. The fraction of sp³-hybridized carbons (Fsp3) is 0.500. The van der Waals surface area contributed by atoms with Gasteiger partial charge in [-0.15, -0.1) is 0 Å². The second-order valence-corrected chi connectivity index (χ2v) is 7.45. The fourth-order valence-corrected chi connectivity index (χ4v) is 3.10. The van der Waals surface area contributed by atoms with Gasteiger partial charge in [0.25, 0.3) is 5.91 Å². The molecule has 0 radical (unpaired) electrons. The number of amides is 1. The van der Waals surface area contributed by atoms with Crippen LogP contribution in [-0.4, -0.2) is 51.4 Å². The van der Waals surface area contributed by atoms with Crippen LogP contribution in [0.2, 0.25) is 0 Å². The average Bonchev–Trinajstić information content (AvgIpc) is 2.46. The summed E-state index contributed by atoms with van der Waals surface area (Å²) in [6.07, 6.45) is -0.948. The van der Waals surface area contributed by atoms with E-state index in [4.69, 9.17) is 9.47 Å². The Balaban J connectivity index is 2.19. The summed E-state index contributed by atoms with van der Waals surface area (Å²) in [5, 5.41) is 12.1. The highest BCUT2D eigenvalue weighted by Crippen LogP contribution is 2.35. The summed E-state index contributed by atoms with van der Waals surface area (Å²) >= 11 is 0. The highest BCUT2D eigenvalue weighted by Gasteiger charge is 2.35. The van der Waals surface area contributed by atoms with Gasteiger partial charge in [-0.2, -0.15) is 0 Å². The standard InChI is InChI=1S/C14H20N2O6S/c1-14(2)13(18)16-11-6-10(4-5-12(11)22-14)23(19,20)15-7-9(17)8-21-3/h4-6,9,15,17H,7-8H2,1-3H3,(H,16,18)/t9-/m1/s1. The van der Waals surface area contributed by atoms with Gasteiger partial charge in [0, 0.05) is 13.7 Å². The topological polar surface area (TPSA) is 114 Å². The van der Waals surface area contributed by atoms with Crippen LogP contribution in [0.25, 0.3) is 0 Å². The Labute approximate surface area is 134 Å². The number of methoxy groups -OCH3 is 1. The lowest BCUT2D eigenvalue weighted by atomic mass is 10.1. The number of aliphatic hydroxyl groups excluding tert-OH is 1. The van der Waals surface area contributed by atoms with Gasteiger partial charge in [-0.05, 0) is 32.0 Å². The van der Waals surface area contributed by atoms with E-state index in [9.17, 15) is 18.3 Å². The number of carbonyl (C=O) groups is 1. The van der Waals surface area contributed by atoms with Crippen molar-refractivity contribution in [3.05, 3.63) is 18.2 Å². The largest absolute Gasteiger partial charge is 0.476 e. The lowest BCUT2D eigenvalue weighted by molar-refractivity contribution is -0.129. The Bertz CT molecular complexity index is 701. The van der Waals surface area contributed by atoms with E-state index < -0.39 is 21.7 Å². The third kappa shape index (κ3) is 3.99. The Morgan fingerprint density at radius 2 is 2.13 bits per heavy atom. The van der Waals surface area contributed by atoms with Gasteiger partial charge in [0.2, 0.25) is 10.0 Å². The molecule has 8 nitrogen and oxygen atoms in total. The molecule has 0 unspecified atom stereocenters. The summed E-state index contributed by atoms with van der Waals surface area (Å²) in [5.41, 5.74) is -0.731. The first-order valence-corrected chi connectivity index (χ1v) is 8.45. The van der Waals surface area contributed by atoms with Crippen LogP contribution in [-0.2, 0) is 19.6 Å². The molecule has 128 valence electrons. The number of ether oxygens (including phenoxy) is 2. The minimum absolute atomic E-state index is 0.0195. The molecule has 1 aliphatic rings. The van der Waals surface area contributed by atoms with Crippen molar-refractivity contribution in [2.45, 2.75) is 30.4 Å². The molecule has 0 aromatic heterocycles. The monoisotopic (exact) mass is 344 g/mol. The molecule has 1 aliphatic heterocycles. The van der Waals surface area contributed by atoms with E-state index in [1.165, 1.54) is 25.3 Å². The summed E-state index contributed by atoms with van der Waals surface area (Å²) in [5.74, 6) is 0.0380. The van der Waals surface area contributed by atoms with E-state index in [2.05, 4.69) is 10.0 Å². The van der Waals surface area contributed by atoms with Crippen molar-refractivity contribution in [2.75, 3.05) is 25.6 Å². The van der Waals surface area contributed by atoms with Crippen LogP contribution in [0, 0.1) is 0 Å². The molecule has 0 saturated heterocycles. The quantitative estimate of drug-likeness (QED) is 0.673. The molecule has 0 saturated carbocycles. The van der Waals surface area contributed by atoms with E-state index in [0.717, 1.165) is 0 Å². The van der Waals surface area contributed by atoms with Crippen LogP contribution in [0.3, 0.4) is 0 Å². The lowest BCUT2D eigenvalue weighted by Crippen LogP contribution is -2.45. The summed E-state index contributed by atoms with van der Waals surface area (Å²) in [7, 11) is -2.42. The maximum atomic E-state index is 12.2. The van der Waals surface area contributed by atoms with Crippen LogP contribution < -0.4 is 14.8 Å². The summed E-state index contributed by atoms with van der Waals surface area (Å²) in [6, 6.07) is 4.17. The minimum Gasteiger partial charge on any atom is -0.476 e. The molecule has 0 aliphatic carbocycles. The van der Waals surface area contributed by atoms with Crippen molar-refractivity contribution in [2.24, 2.45) is 0 Å². The maximum Gasteiger partial charge on any atom is 0.268 e. The molecule has 1 atom stereocenters. The number of rotatable bonds is 6. The lowest BCUT2D eigenvalue weighted by Gasteiger charge is -2.31. The number of nitrogens with one attached hydrogen (secondary N) is 2. The Morgan fingerprint density at radius 3 is 2.78 bits per heavy atom. The number of hydrogen-bond donors (Lipinski definition) is 3. The predicted molar refractivity (Wildman–Crippen MR) is 82.9 cm³/mol. The summed E-state index contributed by atoms with van der Waals surface area (Å²) in [6.45, 7) is 3.08. The van der Waals surface area contributed by atoms with Crippen LogP contribution >= 0.6 is 0 Å². The molecule has 1 aromatic carbocycles. The van der Waals surface area contributed by atoms with Crippen molar-refractivity contribution < 1.29 is 27.8 Å². The third-order valence-corrected chi connectivity index (χ3v) is 4.71. The van der Waals surface area contributed by atoms with Gasteiger partial charge in [-0.3, -0.25) is 4.79 Å². The third-order valence-electron chi connectivity index (χ3n) is 3.29. The van der Waals surface area contributed by atoms with Crippen molar-refractivity contribution >= 4 is 21.6 Å². The van der Waals surface area contributed by atoms with Crippen LogP contribution in [0.4, 0.5) is 5.69 Å². The number of hydrogen-bond acceptors (Lipinski definition) is 6. The van der Waals surface area contributed by atoms with E-state index in [1.807, 2.05) is 0 Å². The van der Waals surface area contributed by atoms with Gasteiger partial charge in [0.15, 0.2) is 5.60 Å². The number of aliphatic hydroxyl groups is 1. The highest BCUT2D eigenvalue weighted by atomic mass is 32.2. The minimum atomic E-state index is -3.83. The Kier molecular flexibility index (Phi) is 4.95. The number of sulfonamides is 1. The number of benzene rings is 1. The number of anilines is 1. The van der Waals surface area contributed by atoms with Gasteiger partial charge in [0.1, 0.15) is 5.75 Å². The second kappa shape index (κ2) is 6.44. The first-order chi connectivity index (χ1) is 10.7.